The van der Waals surface area contributed by atoms with Crippen molar-refractivity contribution in [1.82, 2.24) is 5.32 Å². The second kappa shape index (κ2) is 19.9. The summed E-state index contributed by atoms with van der Waals surface area (Å²) in [7, 11) is 0. The number of amides is 1. The quantitative estimate of drug-likeness (QED) is 0.392. The highest BCUT2D eigenvalue weighted by Gasteiger charge is 2.23. The van der Waals surface area contributed by atoms with Gasteiger partial charge in [-0.05, 0) is 39.5 Å². The normalized spacial score (nSPS) is 20.5. The van der Waals surface area contributed by atoms with Crippen molar-refractivity contribution in [3.05, 3.63) is 0 Å². The average molecular weight is 452 g/mol. The standard InChI is InChI=1S/C29H57NO2/c1-4-28(31)30-26-22-25-29(2,3)32-27-23-20-18-16-14-12-10-8-6-5-7-9-11-13-15-17-19-21-24-27/h27H,4-26H2,1-3H3,(H,30,31). The van der Waals surface area contributed by atoms with Crippen LogP contribution in [-0.2, 0) is 9.53 Å². The summed E-state index contributed by atoms with van der Waals surface area (Å²) in [5.74, 6) is 0.152. The summed E-state index contributed by atoms with van der Waals surface area (Å²) in [4.78, 5) is 11.4. The third-order valence-corrected chi connectivity index (χ3v) is 7.14. The molecule has 1 aliphatic rings. The molecule has 3 nitrogen and oxygen atoms in total. The van der Waals surface area contributed by atoms with Crippen molar-refractivity contribution in [2.24, 2.45) is 0 Å². The van der Waals surface area contributed by atoms with Crippen molar-refractivity contribution in [2.45, 2.75) is 174 Å². The molecule has 0 radical (unpaired) electrons. The van der Waals surface area contributed by atoms with Gasteiger partial charge in [0.15, 0.2) is 0 Å². The molecule has 1 N–H and O–H groups in total. The molecule has 0 aromatic rings. The van der Waals surface area contributed by atoms with E-state index >= 15 is 0 Å². The van der Waals surface area contributed by atoms with Crippen LogP contribution in [0.5, 0.6) is 0 Å². The van der Waals surface area contributed by atoms with E-state index in [1.807, 2.05) is 6.92 Å². The zero-order valence-electron chi connectivity index (χ0n) is 22.2. The van der Waals surface area contributed by atoms with Crippen LogP contribution < -0.4 is 5.32 Å². The van der Waals surface area contributed by atoms with Crippen LogP contribution in [0, 0.1) is 0 Å². The molecule has 0 aromatic heterocycles. The summed E-state index contributed by atoms with van der Waals surface area (Å²) in [6, 6.07) is 0. The molecule has 0 heterocycles. The lowest BCUT2D eigenvalue weighted by Crippen LogP contribution is -2.32. The molecule has 0 spiro atoms. The summed E-state index contributed by atoms with van der Waals surface area (Å²) in [5, 5.41) is 3.00. The Balaban J connectivity index is 2.39. The molecule has 0 aromatic carbocycles. The Kier molecular flexibility index (Phi) is 18.3. The number of hydrogen-bond donors (Lipinski definition) is 1. The molecule has 0 aliphatic heterocycles. The van der Waals surface area contributed by atoms with Gasteiger partial charge in [0, 0.05) is 13.0 Å². The molecule has 1 amide bonds. The minimum atomic E-state index is -0.102. The van der Waals surface area contributed by atoms with E-state index in [1.165, 1.54) is 122 Å². The van der Waals surface area contributed by atoms with Gasteiger partial charge in [-0.2, -0.15) is 0 Å². The monoisotopic (exact) mass is 451 g/mol. The fourth-order valence-electron chi connectivity index (χ4n) is 5.03. The minimum Gasteiger partial charge on any atom is -0.372 e. The first-order valence-corrected chi connectivity index (χ1v) is 14.5. The van der Waals surface area contributed by atoms with Gasteiger partial charge in [0.1, 0.15) is 0 Å². The number of rotatable bonds is 7. The molecule has 1 saturated carbocycles. The third-order valence-electron chi connectivity index (χ3n) is 7.14. The fraction of sp³-hybridized carbons (Fsp3) is 0.966. The Hall–Kier alpha value is -0.570. The Morgan fingerprint density at radius 2 is 1.09 bits per heavy atom. The summed E-state index contributed by atoms with van der Waals surface area (Å²) in [6.07, 6.45) is 29.4. The van der Waals surface area contributed by atoms with Gasteiger partial charge in [0.05, 0.1) is 11.7 Å². The zero-order chi connectivity index (χ0) is 23.3. The third kappa shape index (κ3) is 17.9. The Morgan fingerprint density at radius 1 is 0.719 bits per heavy atom. The Morgan fingerprint density at radius 3 is 1.47 bits per heavy atom. The average Bonchev–Trinajstić information content (AvgIpc) is 2.77. The van der Waals surface area contributed by atoms with E-state index in [0.717, 1.165) is 19.4 Å². The second-order valence-corrected chi connectivity index (χ2v) is 10.9. The molecule has 32 heavy (non-hydrogen) atoms. The van der Waals surface area contributed by atoms with Gasteiger partial charge in [-0.15, -0.1) is 0 Å². The molecule has 3 heteroatoms. The van der Waals surface area contributed by atoms with Crippen LogP contribution in [0.2, 0.25) is 0 Å². The molecule has 190 valence electrons. The summed E-state index contributed by atoms with van der Waals surface area (Å²) in [5.41, 5.74) is -0.102. The van der Waals surface area contributed by atoms with E-state index in [0.29, 0.717) is 12.5 Å². The molecular weight excluding hydrogens is 394 g/mol. The molecule has 1 rings (SSSR count). The lowest BCUT2D eigenvalue weighted by molar-refractivity contribution is -0.121. The summed E-state index contributed by atoms with van der Waals surface area (Å²) < 4.78 is 6.67. The van der Waals surface area contributed by atoms with Crippen LogP contribution in [-0.4, -0.2) is 24.2 Å². The van der Waals surface area contributed by atoms with Crippen LogP contribution in [0.15, 0.2) is 0 Å². The van der Waals surface area contributed by atoms with Gasteiger partial charge in [-0.1, -0.05) is 116 Å². The lowest BCUT2D eigenvalue weighted by atomic mass is 9.98. The van der Waals surface area contributed by atoms with Gasteiger partial charge in [-0.25, -0.2) is 0 Å². The highest BCUT2D eigenvalue weighted by Crippen LogP contribution is 2.25. The second-order valence-electron chi connectivity index (χ2n) is 10.9. The highest BCUT2D eigenvalue weighted by molar-refractivity contribution is 5.75. The molecular formula is C29H57NO2. The number of carbonyl (C=O) groups is 1. The topological polar surface area (TPSA) is 38.3 Å². The SMILES string of the molecule is CCC(=O)NCCCC(C)(C)OC1CCCCCCCCCCCCCCCCCCC1. The van der Waals surface area contributed by atoms with Crippen LogP contribution in [0.4, 0.5) is 0 Å². The van der Waals surface area contributed by atoms with Crippen LogP contribution >= 0.6 is 0 Å². The minimum absolute atomic E-state index is 0.102. The maximum Gasteiger partial charge on any atom is 0.219 e. The highest BCUT2D eigenvalue weighted by atomic mass is 16.5. The zero-order valence-corrected chi connectivity index (χ0v) is 22.2. The maximum absolute atomic E-state index is 11.4. The number of hydrogen-bond acceptors (Lipinski definition) is 2. The van der Waals surface area contributed by atoms with Crippen LogP contribution in [0.25, 0.3) is 0 Å². The smallest absolute Gasteiger partial charge is 0.219 e. The first kappa shape index (κ1) is 29.5. The molecule has 0 atom stereocenters. The summed E-state index contributed by atoms with van der Waals surface area (Å²) in [6.45, 7) is 7.16. The molecule has 0 unspecified atom stereocenters. The molecule has 0 saturated heterocycles. The van der Waals surface area contributed by atoms with Crippen molar-refractivity contribution >= 4 is 5.91 Å². The number of carbonyl (C=O) groups excluding carboxylic acids is 1. The van der Waals surface area contributed by atoms with E-state index in [4.69, 9.17) is 4.74 Å². The van der Waals surface area contributed by atoms with E-state index in [1.54, 1.807) is 0 Å². The van der Waals surface area contributed by atoms with Crippen LogP contribution in [0.1, 0.15) is 162 Å². The van der Waals surface area contributed by atoms with Crippen molar-refractivity contribution in [1.29, 1.82) is 0 Å². The predicted octanol–water partition coefficient (Wildman–Crippen LogP) is 8.88. The Bertz CT molecular complexity index is 415. The maximum atomic E-state index is 11.4. The first-order chi connectivity index (χ1) is 15.5. The Labute approximate surface area is 201 Å². The van der Waals surface area contributed by atoms with E-state index in [-0.39, 0.29) is 11.5 Å². The van der Waals surface area contributed by atoms with E-state index in [9.17, 15) is 4.79 Å². The van der Waals surface area contributed by atoms with Gasteiger partial charge < -0.3 is 10.1 Å². The van der Waals surface area contributed by atoms with Crippen molar-refractivity contribution in [3.8, 4) is 0 Å². The molecule has 0 bridgehead atoms. The van der Waals surface area contributed by atoms with Gasteiger partial charge >= 0.3 is 0 Å². The lowest BCUT2D eigenvalue weighted by Gasteiger charge is -2.31. The van der Waals surface area contributed by atoms with Crippen LogP contribution in [0.3, 0.4) is 0 Å². The van der Waals surface area contributed by atoms with E-state index in [2.05, 4.69) is 19.2 Å². The van der Waals surface area contributed by atoms with Gasteiger partial charge in [0.25, 0.3) is 0 Å². The fourth-order valence-corrected chi connectivity index (χ4v) is 5.03. The summed E-state index contributed by atoms with van der Waals surface area (Å²) >= 11 is 0. The molecule has 1 aliphatic carbocycles. The van der Waals surface area contributed by atoms with Gasteiger partial charge in [-0.3, -0.25) is 4.79 Å². The van der Waals surface area contributed by atoms with E-state index < -0.39 is 0 Å². The largest absolute Gasteiger partial charge is 0.372 e. The van der Waals surface area contributed by atoms with Crippen molar-refractivity contribution in [2.75, 3.05) is 6.54 Å². The number of nitrogens with one attached hydrogen (secondary N) is 1. The molecule has 1 fully saturated rings. The van der Waals surface area contributed by atoms with Crippen molar-refractivity contribution < 1.29 is 9.53 Å². The predicted molar refractivity (Wildman–Crippen MR) is 139 cm³/mol. The van der Waals surface area contributed by atoms with Crippen molar-refractivity contribution in [3.63, 3.8) is 0 Å². The first-order valence-electron chi connectivity index (χ1n) is 14.5. The number of ether oxygens (including phenoxy) is 1. The van der Waals surface area contributed by atoms with Gasteiger partial charge in [0.2, 0.25) is 5.91 Å².